The van der Waals surface area contributed by atoms with Gasteiger partial charge in [0.15, 0.2) is 0 Å². The summed E-state index contributed by atoms with van der Waals surface area (Å²) in [6.07, 6.45) is 1.70. The van der Waals surface area contributed by atoms with Crippen LogP contribution in [0.4, 0.5) is 0 Å². The third kappa shape index (κ3) is 2.37. The van der Waals surface area contributed by atoms with E-state index in [2.05, 4.69) is 4.98 Å². The number of rotatable bonds is 3. The molecule has 0 radical (unpaired) electrons. The number of carboxylic acid groups (broad SMARTS) is 1. The summed E-state index contributed by atoms with van der Waals surface area (Å²) < 4.78 is 5.30. The number of carbonyl (C=O) groups is 1. The summed E-state index contributed by atoms with van der Waals surface area (Å²) in [6, 6.07) is 8.82. The third-order valence-corrected chi connectivity index (χ3v) is 3.60. The van der Waals surface area contributed by atoms with Crippen molar-refractivity contribution >= 4 is 16.9 Å². The Morgan fingerprint density at radius 3 is 2.75 bits per heavy atom. The molecule has 104 valence electrons. The van der Waals surface area contributed by atoms with Gasteiger partial charge in [0, 0.05) is 30.2 Å². The molecule has 20 heavy (non-hydrogen) atoms. The first-order valence-electron chi connectivity index (χ1n) is 6.65. The lowest BCUT2D eigenvalue weighted by Crippen LogP contribution is -2.42. The standard InChI is InChI=1S/C15H16N2O3/c18-15(19)14(17-7-9-20-10-8-17)12-5-1-3-11-4-2-6-16-13(11)12/h1-6,14H,7-10H2,(H,18,19). The zero-order chi connectivity index (χ0) is 13.9. The molecule has 5 heteroatoms. The minimum atomic E-state index is -0.843. The fraction of sp³-hybridized carbons (Fsp3) is 0.333. The molecule has 0 amide bonds. The molecule has 0 bridgehead atoms. The van der Waals surface area contributed by atoms with Gasteiger partial charge in [-0.05, 0) is 6.07 Å². The van der Waals surface area contributed by atoms with Crippen molar-refractivity contribution < 1.29 is 14.6 Å². The molecule has 1 fully saturated rings. The van der Waals surface area contributed by atoms with E-state index in [9.17, 15) is 9.90 Å². The number of pyridine rings is 1. The van der Waals surface area contributed by atoms with Gasteiger partial charge in [-0.25, -0.2) is 0 Å². The number of ether oxygens (including phenoxy) is 1. The molecule has 5 nitrogen and oxygen atoms in total. The molecule has 1 aliphatic heterocycles. The molecule has 1 unspecified atom stereocenters. The van der Waals surface area contributed by atoms with Crippen LogP contribution in [-0.4, -0.2) is 47.3 Å². The van der Waals surface area contributed by atoms with Crippen molar-refractivity contribution in [3.05, 3.63) is 42.1 Å². The van der Waals surface area contributed by atoms with E-state index in [1.54, 1.807) is 6.20 Å². The van der Waals surface area contributed by atoms with Crippen LogP contribution in [0.5, 0.6) is 0 Å². The van der Waals surface area contributed by atoms with Gasteiger partial charge in [-0.15, -0.1) is 0 Å². The molecule has 0 aliphatic carbocycles. The van der Waals surface area contributed by atoms with Crippen molar-refractivity contribution in [2.24, 2.45) is 0 Å². The molecule has 2 aromatic rings. The van der Waals surface area contributed by atoms with E-state index in [0.29, 0.717) is 26.3 Å². The molecule has 1 saturated heterocycles. The summed E-state index contributed by atoms with van der Waals surface area (Å²) in [6.45, 7) is 2.39. The van der Waals surface area contributed by atoms with E-state index >= 15 is 0 Å². The number of hydrogen-bond donors (Lipinski definition) is 1. The molecular formula is C15H16N2O3. The monoisotopic (exact) mass is 272 g/mol. The smallest absolute Gasteiger partial charge is 0.325 e. The van der Waals surface area contributed by atoms with Gasteiger partial charge in [0.1, 0.15) is 6.04 Å². The summed E-state index contributed by atoms with van der Waals surface area (Å²) in [4.78, 5) is 18.0. The largest absolute Gasteiger partial charge is 0.480 e. The fourth-order valence-corrected chi connectivity index (χ4v) is 2.67. The predicted octanol–water partition coefficient (Wildman–Crippen LogP) is 1.69. The fourth-order valence-electron chi connectivity index (χ4n) is 2.67. The number of hydrogen-bond acceptors (Lipinski definition) is 4. The first-order chi connectivity index (χ1) is 9.77. The minimum Gasteiger partial charge on any atom is -0.480 e. The van der Waals surface area contributed by atoms with E-state index in [4.69, 9.17) is 4.74 Å². The molecule has 1 aromatic carbocycles. The zero-order valence-corrected chi connectivity index (χ0v) is 11.0. The topological polar surface area (TPSA) is 62.7 Å². The summed E-state index contributed by atoms with van der Waals surface area (Å²) in [5, 5.41) is 10.6. The van der Waals surface area contributed by atoms with E-state index in [-0.39, 0.29) is 0 Å². The van der Waals surface area contributed by atoms with Crippen molar-refractivity contribution in [2.75, 3.05) is 26.3 Å². The SMILES string of the molecule is O=C(O)C(c1cccc2cccnc12)N1CCOCC1. The molecule has 1 atom stereocenters. The highest BCUT2D eigenvalue weighted by atomic mass is 16.5. The van der Waals surface area contributed by atoms with Crippen LogP contribution in [0.1, 0.15) is 11.6 Å². The summed E-state index contributed by atoms with van der Waals surface area (Å²) >= 11 is 0. The van der Waals surface area contributed by atoms with Gasteiger partial charge in [0.2, 0.25) is 0 Å². The summed E-state index contributed by atoms with van der Waals surface area (Å²) in [7, 11) is 0. The Morgan fingerprint density at radius 2 is 2.00 bits per heavy atom. The number of aromatic nitrogens is 1. The maximum Gasteiger partial charge on any atom is 0.325 e. The Labute approximate surface area is 116 Å². The number of carboxylic acids is 1. The van der Waals surface area contributed by atoms with Crippen molar-refractivity contribution in [3.8, 4) is 0 Å². The van der Waals surface area contributed by atoms with Crippen LogP contribution in [0, 0.1) is 0 Å². The van der Waals surface area contributed by atoms with Crippen molar-refractivity contribution in [3.63, 3.8) is 0 Å². The van der Waals surface area contributed by atoms with E-state index < -0.39 is 12.0 Å². The van der Waals surface area contributed by atoms with Gasteiger partial charge in [-0.2, -0.15) is 0 Å². The van der Waals surface area contributed by atoms with Gasteiger partial charge in [0.05, 0.1) is 18.7 Å². The number of para-hydroxylation sites is 1. The average molecular weight is 272 g/mol. The highest BCUT2D eigenvalue weighted by Gasteiger charge is 2.30. The van der Waals surface area contributed by atoms with Crippen molar-refractivity contribution in [2.45, 2.75) is 6.04 Å². The van der Waals surface area contributed by atoms with Crippen LogP contribution in [-0.2, 0) is 9.53 Å². The quantitative estimate of drug-likeness (QED) is 0.921. The third-order valence-electron chi connectivity index (χ3n) is 3.60. The molecule has 3 rings (SSSR count). The van der Waals surface area contributed by atoms with E-state index in [1.165, 1.54) is 0 Å². The minimum absolute atomic E-state index is 0.571. The molecule has 1 aromatic heterocycles. The van der Waals surface area contributed by atoms with Crippen LogP contribution in [0.2, 0.25) is 0 Å². The molecule has 0 spiro atoms. The van der Waals surface area contributed by atoms with E-state index in [0.717, 1.165) is 16.5 Å². The first kappa shape index (κ1) is 13.0. The Hall–Kier alpha value is -1.98. The Bertz CT molecular complexity index is 618. The average Bonchev–Trinajstić information content (AvgIpc) is 2.48. The number of morpholine rings is 1. The first-order valence-corrected chi connectivity index (χ1v) is 6.65. The Morgan fingerprint density at radius 1 is 1.25 bits per heavy atom. The lowest BCUT2D eigenvalue weighted by atomic mass is 10.0. The second-order valence-electron chi connectivity index (χ2n) is 4.81. The lowest BCUT2D eigenvalue weighted by molar-refractivity contribution is -0.145. The van der Waals surface area contributed by atoms with Crippen LogP contribution >= 0.6 is 0 Å². The molecular weight excluding hydrogens is 256 g/mol. The van der Waals surface area contributed by atoms with Gasteiger partial charge < -0.3 is 9.84 Å². The van der Waals surface area contributed by atoms with Gasteiger partial charge >= 0.3 is 5.97 Å². The van der Waals surface area contributed by atoms with Crippen molar-refractivity contribution in [1.29, 1.82) is 0 Å². The number of aliphatic carboxylic acids is 1. The number of nitrogens with zero attached hydrogens (tertiary/aromatic N) is 2. The van der Waals surface area contributed by atoms with Crippen molar-refractivity contribution in [1.82, 2.24) is 9.88 Å². The van der Waals surface area contributed by atoms with E-state index in [1.807, 2.05) is 35.2 Å². The number of fused-ring (bicyclic) bond motifs is 1. The van der Waals surface area contributed by atoms with Crippen LogP contribution < -0.4 is 0 Å². The Balaban J connectivity index is 2.07. The van der Waals surface area contributed by atoms with Gasteiger partial charge in [-0.1, -0.05) is 24.3 Å². The summed E-state index contributed by atoms with van der Waals surface area (Å²) in [5.74, 6) is -0.843. The van der Waals surface area contributed by atoms with Gasteiger partial charge in [-0.3, -0.25) is 14.7 Å². The molecule has 0 saturated carbocycles. The predicted molar refractivity (Wildman–Crippen MR) is 74.5 cm³/mol. The normalized spacial score (nSPS) is 18.0. The highest BCUT2D eigenvalue weighted by molar-refractivity contribution is 5.87. The van der Waals surface area contributed by atoms with Crippen LogP contribution in [0.15, 0.2) is 36.5 Å². The maximum atomic E-state index is 11.7. The molecule has 1 N–H and O–H groups in total. The molecule has 2 heterocycles. The van der Waals surface area contributed by atoms with Crippen LogP contribution in [0.25, 0.3) is 10.9 Å². The second-order valence-corrected chi connectivity index (χ2v) is 4.81. The zero-order valence-electron chi connectivity index (χ0n) is 11.0. The van der Waals surface area contributed by atoms with Crippen LogP contribution in [0.3, 0.4) is 0 Å². The highest BCUT2D eigenvalue weighted by Crippen LogP contribution is 2.27. The second kappa shape index (κ2) is 5.56. The summed E-state index contributed by atoms with van der Waals surface area (Å²) in [5.41, 5.74) is 1.51. The maximum absolute atomic E-state index is 11.7. The molecule has 1 aliphatic rings. The number of benzene rings is 1. The lowest BCUT2D eigenvalue weighted by Gasteiger charge is -2.32. The van der Waals surface area contributed by atoms with Gasteiger partial charge in [0.25, 0.3) is 0 Å². The Kier molecular flexibility index (Phi) is 3.62.